The molecule has 1 N–H and O–H groups in total. The first-order chi connectivity index (χ1) is 10.2. The van der Waals surface area contributed by atoms with Gasteiger partial charge in [0.25, 0.3) is 0 Å². The molecule has 1 aliphatic heterocycles. The zero-order valence-electron chi connectivity index (χ0n) is 11.4. The van der Waals surface area contributed by atoms with Crippen molar-refractivity contribution in [1.29, 1.82) is 0 Å². The van der Waals surface area contributed by atoms with Gasteiger partial charge in [0.1, 0.15) is 29.7 Å². The van der Waals surface area contributed by atoms with E-state index in [1.165, 1.54) is 0 Å². The summed E-state index contributed by atoms with van der Waals surface area (Å²) in [7, 11) is 0. The second kappa shape index (κ2) is 6.17. The van der Waals surface area contributed by atoms with E-state index in [1.807, 2.05) is 10.9 Å². The fourth-order valence-electron chi connectivity index (χ4n) is 2.40. The van der Waals surface area contributed by atoms with Crippen LogP contribution in [0.5, 0.6) is 5.75 Å². The number of hydrogen-bond acceptors (Lipinski definition) is 4. The maximum absolute atomic E-state index is 13.0. The number of benzene rings is 1. The largest absolute Gasteiger partial charge is 0.487 e. The summed E-state index contributed by atoms with van der Waals surface area (Å²) < 4.78 is 33.3. The minimum absolute atomic E-state index is 0.133. The van der Waals surface area contributed by atoms with Crippen LogP contribution in [0.25, 0.3) is 0 Å². The molecule has 112 valence electrons. The Kier molecular flexibility index (Phi) is 4.10. The second-order valence-electron chi connectivity index (χ2n) is 5.06. The summed E-state index contributed by atoms with van der Waals surface area (Å²) in [6.45, 7) is 2.08. The molecule has 1 saturated heterocycles. The molecule has 1 aromatic heterocycles. The number of aromatic nitrogens is 3. The van der Waals surface area contributed by atoms with Crippen LogP contribution in [0.4, 0.5) is 8.78 Å². The van der Waals surface area contributed by atoms with Crippen LogP contribution in [0.15, 0.2) is 24.4 Å². The molecule has 1 aliphatic rings. The predicted octanol–water partition coefficient (Wildman–Crippen LogP) is 2.06. The molecule has 0 bridgehead atoms. The van der Waals surface area contributed by atoms with Crippen molar-refractivity contribution in [2.45, 2.75) is 25.5 Å². The Morgan fingerprint density at radius 2 is 1.90 bits per heavy atom. The lowest BCUT2D eigenvalue weighted by atomic mass is 10.1. The number of hydrogen-bond donors (Lipinski definition) is 1. The minimum Gasteiger partial charge on any atom is -0.487 e. The van der Waals surface area contributed by atoms with E-state index in [2.05, 4.69) is 15.6 Å². The lowest BCUT2D eigenvalue weighted by molar-refractivity contribution is 0.297. The highest BCUT2D eigenvalue weighted by atomic mass is 19.1. The van der Waals surface area contributed by atoms with Gasteiger partial charge in [-0.1, -0.05) is 5.21 Å². The van der Waals surface area contributed by atoms with Crippen molar-refractivity contribution in [2.24, 2.45) is 0 Å². The van der Waals surface area contributed by atoms with Gasteiger partial charge >= 0.3 is 0 Å². The monoisotopic (exact) mass is 294 g/mol. The van der Waals surface area contributed by atoms with Gasteiger partial charge in [0.05, 0.1) is 12.2 Å². The summed E-state index contributed by atoms with van der Waals surface area (Å²) in [5.74, 6) is -1.18. The van der Waals surface area contributed by atoms with Crippen molar-refractivity contribution >= 4 is 0 Å². The molecule has 0 atom stereocenters. The van der Waals surface area contributed by atoms with Gasteiger partial charge in [-0.25, -0.2) is 13.5 Å². The lowest BCUT2D eigenvalue weighted by Crippen LogP contribution is -2.29. The summed E-state index contributed by atoms with van der Waals surface area (Å²) in [5.41, 5.74) is 0.637. The quantitative estimate of drug-likeness (QED) is 0.938. The fraction of sp³-hybridized carbons (Fsp3) is 0.429. The number of rotatable bonds is 4. The zero-order chi connectivity index (χ0) is 14.7. The van der Waals surface area contributed by atoms with Crippen LogP contribution < -0.4 is 10.1 Å². The average Bonchev–Trinajstić information content (AvgIpc) is 2.94. The molecule has 1 fully saturated rings. The maximum Gasteiger partial charge on any atom is 0.134 e. The molecule has 0 aliphatic carbocycles. The van der Waals surface area contributed by atoms with E-state index in [9.17, 15) is 8.78 Å². The molecule has 3 rings (SSSR count). The van der Waals surface area contributed by atoms with Crippen molar-refractivity contribution in [3.05, 3.63) is 41.7 Å². The van der Waals surface area contributed by atoms with Gasteiger partial charge in [0, 0.05) is 18.2 Å². The standard InChI is InChI=1S/C14H16F2N4O/c15-10-5-11(16)7-14(6-10)21-9-12-8-20(19-18-12)13-1-3-17-4-2-13/h5-8,13,17H,1-4,9H2. The SMILES string of the molecule is Fc1cc(F)cc(OCc2cn(C3CCNCC3)nn2)c1. The molecular weight excluding hydrogens is 278 g/mol. The Hall–Kier alpha value is -2.02. The van der Waals surface area contributed by atoms with Crippen molar-refractivity contribution in [2.75, 3.05) is 13.1 Å². The Balaban J connectivity index is 1.61. The molecule has 0 saturated carbocycles. The Bertz CT molecular complexity index is 591. The molecule has 5 nitrogen and oxygen atoms in total. The number of nitrogens with one attached hydrogen (secondary N) is 1. The van der Waals surface area contributed by atoms with Crippen molar-refractivity contribution in [3.63, 3.8) is 0 Å². The third-order valence-corrected chi connectivity index (χ3v) is 3.46. The van der Waals surface area contributed by atoms with E-state index in [1.54, 1.807) is 0 Å². The van der Waals surface area contributed by atoms with Crippen molar-refractivity contribution < 1.29 is 13.5 Å². The topological polar surface area (TPSA) is 52.0 Å². The number of ether oxygens (including phenoxy) is 1. The van der Waals surface area contributed by atoms with Crippen LogP contribution in [0.3, 0.4) is 0 Å². The van der Waals surface area contributed by atoms with E-state index in [0.29, 0.717) is 11.7 Å². The van der Waals surface area contributed by atoms with Crippen LogP contribution in [-0.2, 0) is 6.61 Å². The highest BCUT2D eigenvalue weighted by Crippen LogP contribution is 2.19. The number of piperidine rings is 1. The van der Waals surface area contributed by atoms with E-state index in [4.69, 9.17) is 4.74 Å². The highest BCUT2D eigenvalue weighted by molar-refractivity contribution is 5.23. The molecule has 0 unspecified atom stereocenters. The van der Waals surface area contributed by atoms with Crippen LogP contribution >= 0.6 is 0 Å². The van der Waals surface area contributed by atoms with Crippen LogP contribution in [-0.4, -0.2) is 28.1 Å². The van der Waals surface area contributed by atoms with Crippen LogP contribution in [0, 0.1) is 11.6 Å². The molecule has 0 amide bonds. The van der Waals surface area contributed by atoms with Crippen LogP contribution in [0.2, 0.25) is 0 Å². The van der Waals surface area contributed by atoms with Gasteiger partial charge in [-0.05, 0) is 25.9 Å². The molecule has 21 heavy (non-hydrogen) atoms. The van der Waals surface area contributed by atoms with Gasteiger partial charge in [-0.15, -0.1) is 5.10 Å². The molecule has 0 spiro atoms. The molecule has 0 radical (unpaired) electrons. The summed E-state index contributed by atoms with van der Waals surface area (Å²) >= 11 is 0. The highest BCUT2D eigenvalue weighted by Gasteiger charge is 2.16. The van der Waals surface area contributed by atoms with E-state index < -0.39 is 11.6 Å². The first kappa shape index (κ1) is 13.9. The maximum atomic E-state index is 13.0. The first-order valence-corrected chi connectivity index (χ1v) is 6.91. The smallest absolute Gasteiger partial charge is 0.134 e. The molecular formula is C14H16F2N4O. The second-order valence-corrected chi connectivity index (χ2v) is 5.06. The van der Waals surface area contributed by atoms with Gasteiger partial charge in [-0.3, -0.25) is 0 Å². The summed E-state index contributed by atoms with van der Waals surface area (Å²) in [6, 6.07) is 3.43. The predicted molar refractivity (Wildman–Crippen MR) is 71.9 cm³/mol. The Morgan fingerprint density at radius 3 is 2.62 bits per heavy atom. The molecule has 2 aromatic rings. The summed E-state index contributed by atoms with van der Waals surface area (Å²) in [5, 5.41) is 11.4. The van der Waals surface area contributed by atoms with E-state index in [0.717, 1.165) is 44.1 Å². The van der Waals surface area contributed by atoms with Crippen molar-refractivity contribution in [1.82, 2.24) is 20.3 Å². The van der Waals surface area contributed by atoms with Gasteiger partial charge in [0.2, 0.25) is 0 Å². The van der Waals surface area contributed by atoms with Gasteiger partial charge < -0.3 is 10.1 Å². The molecule has 2 heterocycles. The lowest BCUT2D eigenvalue weighted by Gasteiger charge is -2.22. The minimum atomic E-state index is -0.664. The third-order valence-electron chi connectivity index (χ3n) is 3.46. The fourth-order valence-corrected chi connectivity index (χ4v) is 2.40. The zero-order valence-corrected chi connectivity index (χ0v) is 11.4. The van der Waals surface area contributed by atoms with Crippen LogP contribution in [0.1, 0.15) is 24.6 Å². The third kappa shape index (κ3) is 3.55. The molecule has 1 aromatic carbocycles. The number of nitrogens with zero attached hydrogens (tertiary/aromatic N) is 3. The van der Waals surface area contributed by atoms with Gasteiger partial charge in [-0.2, -0.15) is 0 Å². The van der Waals surface area contributed by atoms with E-state index >= 15 is 0 Å². The Labute approximate surface area is 120 Å². The first-order valence-electron chi connectivity index (χ1n) is 6.91. The summed E-state index contributed by atoms with van der Waals surface area (Å²) in [4.78, 5) is 0. The normalized spacial score (nSPS) is 16.1. The van der Waals surface area contributed by atoms with Crippen molar-refractivity contribution in [3.8, 4) is 5.75 Å². The van der Waals surface area contributed by atoms with E-state index in [-0.39, 0.29) is 12.4 Å². The van der Waals surface area contributed by atoms with Gasteiger partial charge in [0.15, 0.2) is 0 Å². The Morgan fingerprint density at radius 1 is 1.19 bits per heavy atom. The number of halogens is 2. The molecule has 7 heteroatoms. The average molecular weight is 294 g/mol. The summed E-state index contributed by atoms with van der Waals surface area (Å²) in [6.07, 6.45) is 3.85.